The summed E-state index contributed by atoms with van der Waals surface area (Å²) in [5.41, 5.74) is 4.73. The molecule has 3 aromatic carbocycles. The Kier molecular flexibility index (Phi) is 8.01. The van der Waals surface area contributed by atoms with Crippen LogP contribution in [0, 0.1) is 5.82 Å². The van der Waals surface area contributed by atoms with E-state index in [0.717, 1.165) is 46.5 Å². The van der Waals surface area contributed by atoms with Crippen LogP contribution in [-0.4, -0.2) is 53.1 Å². The number of ether oxygens (including phenoxy) is 1. The summed E-state index contributed by atoms with van der Waals surface area (Å²) in [5.74, 6) is 0.733. The minimum absolute atomic E-state index is 0.00515. The molecule has 1 saturated heterocycles. The van der Waals surface area contributed by atoms with Gasteiger partial charge >= 0.3 is 6.03 Å². The van der Waals surface area contributed by atoms with Crippen molar-refractivity contribution in [2.75, 3.05) is 41.8 Å². The fraction of sp³-hybridized carbons (Fsp3) is 0.182. The molecule has 1 aliphatic heterocycles. The quantitative estimate of drug-likeness (QED) is 0.241. The number of morpholine rings is 1. The highest BCUT2D eigenvalue weighted by Gasteiger charge is 2.19. The van der Waals surface area contributed by atoms with Gasteiger partial charge in [0.1, 0.15) is 17.4 Å². The van der Waals surface area contributed by atoms with Gasteiger partial charge in [-0.1, -0.05) is 18.2 Å². The summed E-state index contributed by atoms with van der Waals surface area (Å²) in [7, 11) is 0. The second-order valence-corrected chi connectivity index (χ2v) is 10.3. The number of hydrogen-bond acceptors (Lipinski definition) is 7. The SMILES string of the molecule is CC(=O)Cc1ccc(NC(=O)Nc2ccc(-c3nc(N4CCOCC4)c4ccc(-c5cccnc5)cc4n3)cc2)cc1F. The number of pyridine rings is 1. The van der Waals surface area contributed by atoms with E-state index in [1.165, 1.54) is 19.1 Å². The summed E-state index contributed by atoms with van der Waals surface area (Å²) in [4.78, 5) is 40.2. The van der Waals surface area contributed by atoms with E-state index >= 15 is 0 Å². The van der Waals surface area contributed by atoms with Crippen LogP contribution < -0.4 is 15.5 Å². The lowest BCUT2D eigenvalue weighted by atomic mass is 10.0. The molecule has 2 N–H and O–H groups in total. The van der Waals surface area contributed by atoms with Crippen molar-refractivity contribution in [1.29, 1.82) is 0 Å². The van der Waals surface area contributed by atoms with Crippen LogP contribution in [0.4, 0.5) is 26.4 Å². The van der Waals surface area contributed by atoms with Crippen molar-refractivity contribution in [3.8, 4) is 22.5 Å². The average Bonchev–Trinajstić information content (AvgIpc) is 3.02. The number of rotatable bonds is 7. The summed E-state index contributed by atoms with van der Waals surface area (Å²) in [6.07, 6.45) is 3.58. The molecule has 216 valence electrons. The third-order valence-corrected chi connectivity index (χ3v) is 7.13. The highest BCUT2D eigenvalue weighted by molar-refractivity contribution is 6.00. The number of ketones is 1. The first-order chi connectivity index (χ1) is 20.9. The molecule has 1 aliphatic rings. The molecule has 0 radical (unpaired) electrons. The second-order valence-electron chi connectivity index (χ2n) is 10.3. The number of urea groups is 1. The van der Waals surface area contributed by atoms with Crippen molar-refractivity contribution >= 4 is 39.9 Å². The van der Waals surface area contributed by atoms with Crippen molar-refractivity contribution in [3.05, 3.63) is 96.6 Å². The van der Waals surface area contributed by atoms with Crippen LogP contribution in [0.1, 0.15) is 12.5 Å². The topological polar surface area (TPSA) is 109 Å². The van der Waals surface area contributed by atoms with Crippen molar-refractivity contribution in [1.82, 2.24) is 15.0 Å². The zero-order chi connectivity index (χ0) is 29.8. The summed E-state index contributed by atoms with van der Waals surface area (Å²) in [6, 6.07) is 21.1. The van der Waals surface area contributed by atoms with E-state index in [4.69, 9.17) is 14.7 Å². The molecule has 2 amide bonds. The largest absolute Gasteiger partial charge is 0.378 e. The number of nitrogens with zero attached hydrogens (tertiary/aromatic N) is 4. The highest BCUT2D eigenvalue weighted by atomic mass is 19.1. The first-order valence-corrected chi connectivity index (χ1v) is 13.9. The van der Waals surface area contributed by atoms with E-state index < -0.39 is 11.8 Å². The molecule has 0 saturated carbocycles. The monoisotopic (exact) mass is 576 g/mol. The Morgan fingerprint density at radius 2 is 1.63 bits per heavy atom. The van der Waals surface area contributed by atoms with Gasteiger partial charge in [-0.2, -0.15) is 0 Å². The molecule has 43 heavy (non-hydrogen) atoms. The molecule has 5 aromatic rings. The van der Waals surface area contributed by atoms with E-state index in [9.17, 15) is 14.0 Å². The lowest BCUT2D eigenvalue weighted by molar-refractivity contribution is -0.116. The van der Waals surface area contributed by atoms with Gasteiger partial charge in [0.15, 0.2) is 5.82 Å². The predicted molar refractivity (Wildman–Crippen MR) is 165 cm³/mol. The average molecular weight is 577 g/mol. The van der Waals surface area contributed by atoms with Crippen LogP contribution >= 0.6 is 0 Å². The molecule has 0 unspecified atom stereocenters. The Labute approximate surface area is 247 Å². The maximum absolute atomic E-state index is 14.3. The molecule has 0 atom stereocenters. The molecular formula is C33H29FN6O3. The van der Waals surface area contributed by atoms with Gasteiger partial charge in [-0.05, 0) is 72.6 Å². The summed E-state index contributed by atoms with van der Waals surface area (Å²) < 4.78 is 19.9. The van der Waals surface area contributed by atoms with Gasteiger partial charge in [0, 0.05) is 59.8 Å². The molecular weight excluding hydrogens is 547 g/mol. The standard InChI is InChI=1S/C33H29FN6O3/c1-21(41)17-24-6-10-27(19-29(24)34)37-33(42)36-26-8-4-22(5-9-26)31-38-30-18-23(25-3-2-12-35-20-25)7-11-28(30)32(39-31)40-13-15-43-16-14-40/h2-12,18-20H,13-17H2,1H3,(H2,36,37,42). The van der Waals surface area contributed by atoms with E-state index in [1.807, 2.05) is 30.5 Å². The first-order valence-electron chi connectivity index (χ1n) is 13.9. The first kappa shape index (κ1) is 27.9. The molecule has 3 heterocycles. The third-order valence-electron chi connectivity index (χ3n) is 7.13. The Hall–Kier alpha value is -5.22. The fourth-order valence-corrected chi connectivity index (χ4v) is 5.00. The molecule has 6 rings (SSSR count). The highest BCUT2D eigenvalue weighted by Crippen LogP contribution is 2.32. The molecule has 0 spiro atoms. The van der Waals surface area contributed by atoms with Crippen LogP contribution in [0.5, 0.6) is 0 Å². The number of amides is 2. The van der Waals surface area contributed by atoms with Gasteiger partial charge in [-0.25, -0.2) is 19.2 Å². The van der Waals surface area contributed by atoms with Gasteiger partial charge < -0.3 is 20.3 Å². The van der Waals surface area contributed by atoms with Gasteiger partial charge in [0.2, 0.25) is 0 Å². The minimum atomic E-state index is -0.545. The number of benzene rings is 3. The Balaban J connectivity index is 1.24. The molecule has 0 bridgehead atoms. The molecule has 0 aliphatic carbocycles. The summed E-state index contributed by atoms with van der Waals surface area (Å²) >= 11 is 0. The Bertz CT molecular complexity index is 1790. The van der Waals surface area contributed by atoms with Crippen LogP contribution in [0.15, 0.2) is 85.2 Å². The molecule has 2 aromatic heterocycles. The van der Waals surface area contributed by atoms with E-state index in [2.05, 4.69) is 38.7 Å². The van der Waals surface area contributed by atoms with E-state index in [-0.39, 0.29) is 23.5 Å². The van der Waals surface area contributed by atoms with Gasteiger partial charge in [-0.15, -0.1) is 0 Å². The van der Waals surface area contributed by atoms with Crippen LogP contribution in [0.2, 0.25) is 0 Å². The van der Waals surface area contributed by atoms with Crippen LogP contribution in [-0.2, 0) is 16.0 Å². The summed E-state index contributed by atoms with van der Waals surface area (Å²) in [5, 5.41) is 6.34. The lowest BCUT2D eigenvalue weighted by Gasteiger charge is -2.29. The normalized spacial score (nSPS) is 13.1. The number of nitrogens with one attached hydrogen (secondary N) is 2. The lowest BCUT2D eigenvalue weighted by Crippen LogP contribution is -2.37. The van der Waals surface area contributed by atoms with Gasteiger partial charge in [0.25, 0.3) is 0 Å². The van der Waals surface area contributed by atoms with Crippen molar-refractivity contribution in [3.63, 3.8) is 0 Å². The number of halogens is 1. The number of aromatic nitrogens is 3. The Morgan fingerprint density at radius 1 is 0.884 bits per heavy atom. The van der Waals surface area contributed by atoms with Gasteiger partial charge in [-0.3, -0.25) is 9.78 Å². The number of fused-ring (bicyclic) bond motifs is 1. The maximum atomic E-state index is 14.3. The smallest absolute Gasteiger partial charge is 0.323 e. The number of anilines is 3. The minimum Gasteiger partial charge on any atom is -0.378 e. The van der Waals surface area contributed by atoms with E-state index in [0.29, 0.717) is 24.7 Å². The third kappa shape index (κ3) is 6.49. The zero-order valence-electron chi connectivity index (χ0n) is 23.5. The maximum Gasteiger partial charge on any atom is 0.323 e. The number of carbonyl (C=O) groups excluding carboxylic acids is 2. The van der Waals surface area contributed by atoms with Crippen molar-refractivity contribution in [2.24, 2.45) is 0 Å². The number of carbonyl (C=O) groups is 2. The van der Waals surface area contributed by atoms with Crippen LogP contribution in [0.25, 0.3) is 33.4 Å². The summed E-state index contributed by atoms with van der Waals surface area (Å²) in [6.45, 7) is 4.13. The number of hydrogen-bond donors (Lipinski definition) is 2. The van der Waals surface area contributed by atoms with Crippen molar-refractivity contribution < 1.29 is 18.7 Å². The molecule has 10 heteroatoms. The fourth-order valence-electron chi connectivity index (χ4n) is 5.00. The zero-order valence-corrected chi connectivity index (χ0v) is 23.5. The van der Waals surface area contributed by atoms with E-state index in [1.54, 1.807) is 24.4 Å². The molecule has 9 nitrogen and oxygen atoms in total. The van der Waals surface area contributed by atoms with Crippen molar-refractivity contribution in [2.45, 2.75) is 13.3 Å². The predicted octanol–water partition coefficient (Wildman–Crippen LogP) is 6.11. The second kappa shape index (κ2) is 12.3. The van der Waals surface area contributed by atoms with Gasteiger partial charge in [0.05, 0.1) is 18.7 Å². The Morgan fingerprint density at radius 3 is 2.35 bits per heavy atom. The molecule has 1 fully saturated rings. The van der Waals surface area contributed by atoms with Crippen LogP contribution in [0.3, 0.4) is 0 Å². The number of Topliss-reactive ketones (excluding diaryl/α,β-unsaturated/α-hetero) is 1.